The van der Waals surface area contributed by atoms with Gasteiger partial charge >= 0.3 is 41.3 Å². The molecule has 0 aromatic carbocycles. The van der Waals surface area contributed by atoms with Gasteiger partial charge in [-0.25, -0.2) is 0 Å². The Hall–Kier alpha value is 0.968. The van der Waals surface area contributed by atoms with E-state index in [9.17, 15) is 4.79 Å². The van der Waals surface area contributed by atoms with E-state index in [-0.39, 0.29) is 12.3 Å². The first-order valence-corrected chi connectivity index (χ1v) is 9.92. The summed E-state index contributed by atoms with van der Waals surface area (Å²) in [6.07, 6.45) is 2.48. The second-order valence-corrected chi connectivity index (χ2v) is 6.04. The zero-order valence-corrected chi connectivity index (χ0v) is 12.2. The molecule has 1 atom stereocenters. The van der Waals surface area contributed by atoms with Gasteiger partial charge in [-0.1, -0.05) is 0 Å². The molecular weight excluding hydrogens is 432 g/mol. The Balaban J connectivity index is -0.0000000891. The van der Waals surface area contributed by atoms with E-state index in [0.29, 0.717) is 6.42 Å². The Kier molecular flexibility index (Phi) is 33.9. The second-order valence-electron chi connectivity index (χ2n) is 1.77. The molecule has 0 rings (SSSR count). The molecule has 92 valence electrons. The van der Waals surface area contributed by atoms with Crippen LogP contribution in [0.4, 0.5) is 0 Å². The van der Waals surface area contributed by atoms with Gasteiger partial charge in [-0.3, -0.25) is 4.79 Å². The Bertz CT molecular complexity index is 125. The summed E-state index contributed by atoms with van der Waals surface area (Å²) in [5.74, 6) is -0.1000. The predicted molar refractivity (Wildman–Crippen MR) is 60.9 cm³/mol. The van der Waals surface area contributed by atoms with Crippen LogP contribution in [0, 0.1) is 0 Å². The van der Waals surface area contributed by atoms with Gasteiger partial charge in [0, 0.05) is 0 Å². The zero-order chi connectivity index (χ0) is 9.98. The summed E-state index contributed by atoms with van der Waals surface area (Å²) in [5.41, 5.74) is 5.19. The van der Waals surface area contributed by atoms with Gasteiger partial charge in [0.1, 0.15) is 6.04 Å². The molecule has 5 nitrogen and oxygen atoms in total. The van der Waals surface area contributed by atoms with Crippen molar-refractivity contribution in [1.29, 1.82) is 0 Å². The molecule has 0 aliphatic heterocycles. The van der Waals surface area contributed by atoms with E-state index in [0.717, 1.165) is 5.75 Å². The molecule has 0 saturated carbocycles. The smallest absolute Gasteiger partial charge is 0.693 e. The Morgan fingerprint density at radius 2 is 1.93 bits per heavy atom. The van der Waals surface area contributed by atoms with Crippen LogP contribution < -0.4 is 5.73 Å². The van der Waals surface area contributed by atoms with Gasteiger partial charge in [0.25, 0.3) is 0 Å². The standard InChI is InChI=1S/C5H11NO2S.2ClH.2H2N.Pt/c1-9-3-2-4(6)5(7)8;;;;;/h4H,2-3,6H2,1H3,(H,7,8);2*1H;2*1H2;/q;;;2*-1;+4/p-2/t4-;;;;;/m1...../s1. The third-order valence-electron chi connectivity index (χ3n) is 0.950. The maximum Gasteiger partial charge on any atom is -0.693 e. The number of carbonyl (C=O) groups is 1. The number of hydrogen-bond acceptors (Lipinski definition) is 3. The predicted octanol–water partition coefficient (Wildman–Crippen LogP) is 2.96. The Morgan fingerprint density at radius 3 is 2.14 bits per heavy atom. The molecule has 0 aliphatic rings. The van der Waals surface area contributed by atoms with Gasteiger partial charge in [-0.15, -0.1) is 0 Å². The minimum absolute atomic E-state index is 0. The fraction of sp³-hybridized carbons (Fsp3) is 0.800. The van der Waals surface area contributed by atoms with Crippen molar-refractivity contribution in [2.24, 2.45) is 5.73 Å². The number of nitrogens with two attached hydrogens (primary N) is 3. The van der Waals surface area contributed by atoms with Crippen molar-refractivity contribution in [3.05, 3.63) is 12.3 Å². The molecule has 14 heavy (non-hydrogen) atoms. The van der Waals surface area contributed by atoms with Crippen molar-refractivity contribution < 1.29 is 26.4 Å². The third-order valence-corrected chi connectivity index (χ3v) is 1.59. The fourth-order valence-corrected chi connectivity index (χ4v) is 0.858. The van der Waals surface area contributed by atoms with Gasteiger partial charge < -0.3 is 23.1 Å². The monoisotopic (exact) mass is 446 g/mol. The van der Waals surface area contributed by atoms with Gasteiger partial charge in [0.05, 0.1) is 0 Å². The van der Waals surface area contributed by atoms with E-state index in [4.69, 9.17) is 29.7 Å². The van der Waals surface area contributed by atoms with Gasteiger partial charge in [0.15, 0.2) is 0 Å². The topological polar surface area (TPSA) is 130 Å². The van der Waals surface area contributed by atoms with Crippen molar-refractivity contribution in [3.8, 4) is 0 Å². The normalized spacial score (nSPS) is 10.0. The minimum Gasteiger partial charge on any atom is -0.693 e. The van der Waals surface area contributed by atoms with Gasteiger partial charge in [0.2, 0.25) is 0 Å². The molecule has 0 fully saturated rings. The molecule has 0 aromatic rings. The Labute approximate surface area is 105 Å². The fourth-order valence-electron chi connectivity index (χ4n) is 0.368. The molecule has 0 aliphatic carbocycles. The first-order valence-electron chi connectivity index (χ1n) is 2.89. The van der Waals surface area contributed by atoms with E-state index < -0.39 is 28.5 Å². The second kappa shape index (κ2) is 19.5. The summed E-state index contributed by atoms with van der Waals surface area (Å²) < 4.78 is 0. The van der Waals surface area contributed by atoms with Crippen LogP contribution in [0.2, 0.25) is 0 Å². The molecule has 9 heteroatoms. The number of hydrogen-bond donors (Lipinski definition) is 2. The first-order chi connectivity index (χ1) is 5.59. The van der Waals surface area contributed by atoms with Crippen LogP contribution >= 0.6 is 30.6 Å². The molecule has 0 heterocycles. The number of aliphatic carboxylic acids is 1. The van der Waals surface area contributed by atoms with Crippen LogP contribution in [0.25, 0.3) is 12.3 Å². The number of carboxylic acids is 1. The summed E-state index contributed by atoms with van der Waals surface area (Å²) in [7, 11) is 9.75. The quantitative estimate of drug-likeness (QED) is 0.686. The maximum absolute atomic E-state index is 10.1. The number of thioether (sulfide) groups is 1. The van der Waals surface area contributed by atoms with E-state index in [1.54, 1.807) is 11.8 Å². The SMILES string of the molecule is CSCC[C@@H](N)C(=O)O.[Cl][Pt+2][Cl].[NH2-].[NH2-]. The molecule has 0 radical (unpaired) electrons. The van der Waals surface area contributed by atoms with Crippen LogP contribution in [0.3, 0.4) is 0 Å². The summed E-state index contributed by atoms with van der Waals surface area (Å²) in [5, 5.41) is 8.27. The largest absolute Gasteiger partial charge is 0.693 e. The van der Waals surface area contributed by atoms with Gasteiger partial charge in [-0.2, -0.15) is 11.8 Å². The molecule has 0 aromatic heterocycles. The first kappa shape index (κ1) is 24.3. The van der Waals surface area contributed by atoms with E-state index in [1.165, 1.54) is 0 Å². The number of rotatable bonds is 4. The summed E-state index contributed by atoms with van der Waals surface area (Å²) in [4.78, 5) is 10.1. The molecule has 0 unspecified atom stereocenters. The van der Waals surface area contributed by atoms with Crippen molar-refractivity contribution in [2.45, 2.75) is 12.5 Å². The van der Waals surface area contributed by atoms with Crippen molar-refractivity contribution in [1.82, 2.24) is 0 Å². The van der Waals surface area contributed by atoms with Crippen molar-refractivity contribution in [2.75, 3.05) is 12.0 Å². The van der Waals surface area contributed by atoms with Gasteiger partial charge in [-0.05, 0) is 18.4 Å². The summed E-state index contributed by atoms with van der Waals surface area (Å²) in [6.45, 7) is 0. The zero-order valence-electron chi connectivity index (χ0n) is 7.56. The van der Waals surface area contributed by atoms with E-state index >= 15 is 0 Å². The van der Waals surface area contributed by atoms with Crippen LogP contribution in [-0.2, 0) is 21.3 Å². The molecule has 0 spiro atoms. The average molecular weight is 447 g/mol. The summed E-state index contributed by atoms with van der Waals surface area (Å²) >= 11 is 1.13. The van der Waals surface area contributed by atoms with Crippen molar-refractivity contribution in [3.63, 3.8) is 0 Å². The van der Waals surface area contributed by atoms with Crippen LogP contribution in [-0.4, -0.2) is 29.1 Å². The number of carboxylic acid groups (broad SMARTS) is 1. The van der Waals surface area contributed by atoms with Crippen LogP contribution in [0.5, 0.6) is 0 Å². The molecular formula is C5H15Cl2N3O2PtS. The average Bonchev–Trinajstić information content (AvgIpc) is 2.01. The molecule has 7 N–H and O–H groups in total. The van der Waals surface area contributed by atoms with E-state index in [1.807, 2.05) is 6.26 Å². The minimum atomic E-state index is -0.913. The third kappa shape index (κ3) is 23.1. The molecule has 0 bridgehead atoms. The maximum atomic E-state index is 10.1. The van der Waals surface area contributed by atoms with Crippen molar-refractivity contribution >= 4 is 36.6 Å². The molecule has 0 amide bonds. The van der Waals surface area contributed by atoms with Crippen LogP contribution in [0.15, 0.2) is 0 Å². The molecule has 0 saturated heterocycles. The van der Waals surface area contributed by atoms with E-state index in [2.05, 4.69) is 0 Å². The number of halogens is 2. The Morgan fingerprint density at radius 1 is 1.57 bits per heavy atom. The summed E-state index contributed by atoms with van der Waals surface area (Å²) in [6, 6.07) is -0.683. The van der Waals surface area contributed by atoms with Crippen LogP contribution in [0.1, 0.15) is 6.42 Å².